The van der Waals surface area contributed by atoms with Crippen molar-refractivity contribution in [2.24, 2.45) is 0 Å². The Morgan fingerprint density at radius 1 is 1.00 bits per heavy atom. The van der Waals surface area contributed by atoms with Crippen LogP contribution in [0.5, 0.6) is 11.5 Å². The van der Waals surface area contributed by atoms with Crippen molar-refractivity contribution in [1.82, 2.24) is 5.32 Å². The average Bonchev–Trinajstić information content (AvgIpc) is 2.49. The molecule has 3 nitrogen and oxygen atoms in total. The molecule has 0 heterocycles. The van der Waals surface area contributed by atoms with E-state index in [1.165, 1.54) is 5.56 Å². The quantitative estimate of drug-likeness (QED) is 0.768. The van der Waals surface area contributed by atoms with E-state index in [1.807, 2.05) is 44.3 Å². The highest BCUT2D eigenvalue weighted by Crippen LogP contribution is 2.22. The van der Waals surface area contributed by atoms with Crippen LogP contribution in [0.1, 0.15) is 11.1 Å². The number of halogens is 1. The Morgan fingerprint density at radius 3 is 2.43 bits per heavy atom. The molecule has 4 heteroatoms. The zero-order chi connectivity index (χ0) is 15.1. The van der Waals surface area contributed by atoms with E-state index < -0.39 is 0 Å². The summed E-state index contributed by atoms with van der Waals surface area (Å²) >= 11 is 3.45. The van der Waals surface area contributed by atoms with Crippen LogP contribution >= 0.6 is 15.9 Å². The topological polar surface area (TPSA) is 30.5 Å². The summed E-state index contributed by atoms with van der Waals surface area (Å²) in [4.78, 5) is 0. The Balaban J connectivity index is 1.77. The number of hydrogen-bond donors (Lipinski definition) is 1. The second kappa shape index (κ2) is 8.05. The number of rotatable bonds is 7. The van der Waals surface area contributed by atoms with Crippen molar-refractivity contribution >= 4 is 15.9 Å². The molecule has 2 aromatic carbocycles. The number of aryl methyl sites for hydroxylation is 1. The van der Waals surface area contributed by atoms with Gasteiger partial charge < -0.3 is 14.8 Å². The minimum Gasteiger partial charge on any atom is -0.490 e. The van der Waals surface area contributed by atoms with E-state index in [4.69, 9.17) is 9.47 Å². The monoisotopic (exact) mass is 349 g/mol. The van der Waals surface area contributed by atoms with Crippen molar-refractivity contribution in [3.05, 3.63) is 58.1 Å². The second-order valence-corrected chi connectivity index (χ2v) is 5.70. The normalized spacial score (nSPS) is 10.4. The van der Waals surface area contributed by atoms with Crippen molar-refractivity contribution in [1.29, 1.82) is 0 Å². The summed E-state index contributed by atoms with van der Waals surface area (Å²) in [7, 11) is 1.94. The first-order chi connectivity index (χ1) is 10.2. The van der Waals surface area contributed by atoms with E-state index in [0.29, 0.717) is 13.2 Å². The molecule has 0 radical (unpaired) electrons. The first-order valence-electron chi connectivity index (χ1n) is 6.94. The summed E-state index contributed by atoms with van der Waals surface area (Å²) in [5.74, 6) is 1.75. The molecule has 0 saturated heterocycles. The number of hydrogen-bond acceptors (Lipinski definition) is 3. The van der Waals surface area contributed by atoms with Crippen LogP contribution in [0.2, 0.25) is 0 Å². The van der Waals surface area contributed by atoms with Crippen LogP contribution in [0.25, 0.3) is 0 Å². The van der Waals surface area contributed by atoms with Crippen LogP contribution in [0.3, 0.4) is 0 Å². The van der Waals surface area contributed by atoms with Gasteiger partial charge in [0, 0.05) is 11.0 Å². The molecule has 0 amide bonds. The van der Waals surface area contributed by atoms with Gasteiger partial charge in [0.05, 0.1) is 0 Å². The van der Waals surface area contributed by atoms with Gasteiger partial charge in [-0.05, 0) is 49.4 Å². The first kappa shape index (κ1) is 15.9. The van der Waals surface area contributed by atoms with Gasteiger partial charge in [-0.25, -0.2) is 0 Å². The van der Waals surface area contributed by atoms with E-state index in [2.05, 4.69) is 33.4 Å². The number of nitrogens with one attached hydrogen (secondary N) is 1. The van der Waals surface area contributed by atoms with Gasteiger partial charge in [-0.15, -0.1) is 0 Å². The van der Waals surface area contributed by atoms with Crippen molar-refractivity contribution in [3.63, 3.8) is 0 Å². The Morgan fingerprint density at radius 2 is 1.71 bits per heavy atom. The minimum absolute atomic E-state index is 0.523. The largest absolute Gasteiger partial charge is 0.490 e. The predicted molar refractivity (Wildman–Crippen MR) is 89.1 cm³/mol. The third-order valence-corrected chi connectivity index (χ3v) is 3.56. The summed E-state index contributed by atoms with van der Waals surface area (Å²) in [6, 6.07) is 14.1. The molecular formula is C17H20BrNO2. The molecule has 0 aliphatic heterocycles. The molecule has 0 bridgehead atoms. The number of ether oxygens (including phenoxy) is 2. The van der Waals surface area contributed by atoms with Crippen molar-refractivity contribution in [3.8, 4) is 11.5 Å². The number of benzene rings is 2. The Kier molecular flexibility index (Phi) is 6.08. The van der Waals surface area contributed by atoms with Gasteiger partial charge in [-0.3, -0.25) is 0 Å². The van der Waals surface area contributed by atoms with E-state index in [-0.39, 0.29) is 0 Å². The van der Waals surface area contributed by atoms with Crippen molar-refractivity contribution in [2.75, 3.05) is 20.3 Å². The van der Waals surface area contributed by atoms with E-state index in [9.17, 15) is 0 Å². The molecule has 0 aliphatic carbocycles. The third kappa shape index (κ3) is 5.06. The maximum absolute atomic E-state index is 5.74. The van der Waals surface area contributed by atoms with Crippen LogP contribution in [0.15, 0.2) is 46.9 Å². The molecule has 0 aliphatic rings. The SMILES string of the molecule is CNCc1ccc(OCCOc2cc(Br)ccc2C)cc1. The summed E-state index contributed by atoms with van der Waals surface area (Å²) in [5, 5.41) is 3.12. The molecule has 1 N–H and O–H groups in total. The highest BCUT2D eigenvalue weighted by Gasteiger charge is 2.01. The minimum atomic E-state index is 0.523. The van der Waals surface area contributed by atoms with Crippen molar-refractivity contribution < 1.29 is 9.47 Å². The average molecular weight is 350 g/mol. The van der Waals surface area contributed by atoms with E-state index in [1.54, 1.807) is 0 Å². The lowest BCUT2D eigenvalue weighted by atomic mass is 10.2. The fraction of sp³-hybridized carbons (Fsp3) is 0.294. The molecule has 21 heavy (non-hydrogen) atoms. The standard InChI is InChI=1S/C17H20BrNO2/c1-13-3-6-15(18)11-17(13)21-10-9-20-16-7-4-14(5-8-16)12-19-2/h3-8,11,19H,9-10,12H2,1-2H3. The van der Waals surface area contributed by atoms with Gasteiger partial charge in [0.2, 0.25) is 0 Å². The van der Waals surface area contributed by atoms with Gasteiger partial charge >= 0.3 is 0 Å². The Labute approximate surface area is 134 Å². The van der Waals surface area contributed by atoms with E-state index >= 15 is 0 Å². The predicted octanol–water partition coefficient (Wildman–Crippen LogP) is 3.93. The molecule has 0 fully saturated rings. The molecule has 2 rings (SSSR count). The van der Waals surface area contributed by atoms with Crippen LogP contribution in [-0.4, -0.2) is 20.3 Å². The van der Waals surface area contributed by atoms with Crippen LogP contribution in [0, 0.1) is 6.92 Å². The first-order valence-corrected chi connectivity index (χ1v) is 7.73. The summed E-state index contributed by atoms with van der Waals surface area (Å²) in [6.45, 7) is 3.95. The molecule has 0 spiro atoms. The smallest absolute Gasteiger partial charge is 0.123 e. The lowest BCUT2D eigenvalue weighted by molar-refractivity contribution is 0.216. The fourth-order valence-electron chi connectivity index (χ4n) is 1.95. The highest BCUT2D eigenvalue weighted by molar-refractivity contribution is 9.10. The van der Waals surface area contributed by atoms with E-state index in [0.717, 1.165) is 28.1 Å². The summed E-state index contributed by atoms with van der Waals surface area (Å²) < 4.78 is 12.4. The molecule has 2 aromatic rings. The maximum atomic E-state index is 5.74. The Hall–Kier alpha value is -1.52. The lowest BCUT2D eigenvalue weighted by Gasteiger charge is -2.11. The zero-order valence-corrected chi connectivity index (χ0v) is 13.9. The zero-order valence-electron chi connectivity index (χ0n) is 12.4. The van der Waals surface area contributed by atoms with Gasteiger partial charge in [-0.1, -0.05) is 34.1 Å². The molecule has 112 valence electrons. The summed E-state index contributed by atoms with van der Waals surface area (Å²) in [5.41, 5.74) is 2.36. The second-order valence-electron chi connectivity index (χ2n) is 4.78. The molecular weight excluding hydrogens is 330 g/mol. The van der Waals surface area contributed by atoms with Gasteiger partial charge in [-0.2, -0.15) is 0 Å². The molecule has 0 atom stereocenters. The van der Waals surface area contributed by atoms with Crippen LogP contribution in [-0.2, 0) is 6.54 Å². The molecule has 0 saturated carbocycles. The lowest BCUT2D eigenvalue weighted by Crippen LogP contribution is -2.10. The maximum Gasteiger partial charge on any atom is 0.123 e. The molecule has 0 aromatic heterocycles. The fourth-order valence-corrected chi connectivity index (χ4v) is 2.29. The Bertz CT molecular complexity index is 570. The van der Waals surface area contributed by atoms with Crippen LogP contribution < -0.4 is 14.8 Å². The third-order valence-electron chi connectivity index (χ3n) is 3.06. The van der Waals surface area contributed by atoms with Crippen molar-refractivity contribution in [2.45, 2.75) is 13.5 Å². The molecule has 0 unspecified atom stereocenters. The highest BCUT2D eigenvalue weighted by atomic mass is 79.9. The van der Waals surface area contributed by atoms with Crippen LogP contribution in [0.4, 0.5) is 0 Å². The van der Waals surface area contributed by atoms with Gasteiger partial charge in [0.15, 0.2) is 0 Å². The van der Waals surface area contributed by atoms with Gasteiger partial charge in [0.1, 0.15) is 24.7 Å². The summed E-state index contributed by atoms with van der Waals surface area (Å²) in [6.07, 6.45) is 0. The van der Waals surface area contributed by atoms with Gasteiger partial charge in [0.25, 0.3) is 0 Å².